The average molecular weight is 258 g/mol. The minimum absolute atomic E-state index is 0.200. The van der Waals surface area contributed by atoms with Gasteiger partial charge >= 0.3 is 0 Å². The van der Waals surface area contributed by atoms with Crippen LogP contribution >= 0.6 is 0 Å². The first kappa shape index (κ1) is 13.5. The number of aryl methyl sites for hydroxylation is 1. The number of nitrogens with zero attached hydrogens (tertiary/aromatic N) is 2. The van der Waals surface area contributed by atoms with Crippen LogP contribution < -0.4 is 16.0 Å². The Labute approximate surface area is 112 Å². The predicted octanol–water partition coefficient (Wildman–Crippen LogP) is 1.74. The molecule has 0 radical (unpaired) electrons. The van der Waals surface area contributed by atoms with E-state index in [-0.39, 0.29) is 6.04 Å². The Morgan fingerprint density at radius 2 is 2.26 bits per heavy atom. The summed E-state index contributed by atoms with van der Waals surface area (Å²) < 4.78 is 5.46. The maximum Gasteiger partial charge on any atom is 0.137 e. The minimum atomic E-state index is -0.200. The molecule has 0 amide bonds. The largest absolute Gasteiger partial charge is 0.492 e. The number of hydrogen-bond acceptors (Lipinski definition) is 5. The Hall–Kier alpha value is -1.98. The molecule has 0 bridgehead atoms. The van der Waals surface area contributed by atoms with Gasteiger partial charge in [-0.25, -0.2) is 5.43 Å². The van der Waals surface area contributed by atoms with Crippen molar-refractivity contribution in [3.8, 4) is 5.75 Å². The Kier molecular flexibility index (Phi) is 4.43. The molecule has 19 heavy (non-hydrogen) atoms. The van der Waals surface area contributed by atoms with E-state index in [1.54, 1.807) is 18.6 Å². The Bertz CT molecular complexity index is 544. The summed E-state index contributed by atoms with van der Waals surface area (Å²) in [6, 6.07) is 5.64. The van der Waals surface area contributed by atoms with Crippen molar-refractivity contribution in [2.45, 2.75) is 19.9 Å². The summed E-state index contributed by atoms with van der Waals surface area (Å²) in [6.45, 7) is 4.55. The zero-order valence-corrected chi connectivity index (χ0v) is 11.1. The first-order valence-electron chi connectivity index (χ1n) is 6.21. The van der Waals surface area contributed by atoms with Crippen LogP contribution in [0.15, 0.2) is 36.8 Å². The van der Waals surface area contributed by atoms with Gasteiger partial charge in [-0.05, 0) is 37.1 Å². The van der Waals surface area contributed by atoms with Gasteiger partial charge in [-0.2, -0.15) is 0 Å². The van der Waals surface area contributed by atoms with E-state index in [4.69, 9.17) is 10.6 Å². The number of nitrogens with two attached hydrogens (primary N) is 1. The highest BCUT2D eigenvalue weighted by Gasteiger charge is 2.16. The molecule has 0 aliphatic rings. The lowest BCUT2D eigenvalue weighted by atomic mass is 10.0. The SMILES string of the molecule is CCOc1cncc(C(NN)c2ncccc2C)c1. The second-order valence-electron chi connectivity index (χ2n) is 4.19. The van der Waals surface area contributed by atoms with E-state index in [0.29, 0.717) is 6.61 Å². The molecule has 0 aliphatic carbocycles. The van der Waals surface area contributed by atoms with Crippen LogP contribution in [-0.4, -0.2) is 16.6 Å². The van der Waals surface area contributed by atoms with Gasteiger partial charge in [-0.3, -0.25) is 15.8 Å². The van der Waals surface area contributed by atoms with Gasteiger partial charge < -0.3 is 4.74 Å². The number of hydrogen-bond donors (Lipinski definition) is 2. The molecule has 0 fully saturated rings. The summed E-state index contributed by atoms with van der Waals surface area (Å²) in [7, 11) is 0. The molecule has 100 valence electrons. The molecule has 5 nitrogen and oxygen atoms in total. The molecule has 2 aromatic rings. The van der Waals surface area contributed by atoms with E-state index >= 15 is 0 Å². The fourth-order valence-electron chi connectivity index (χ4n) is 1.97. The van der Waals surface area contributed by atoms with Crippen LogP contribution in [0.2, 0.25) is 0 Å². The van der Waals surface area contributed by atoms with Crippen molar-refractivity contribution in [3.05, 3.63) is 53.6 Å². The van der Waals surface area contributed by atoms with E-state index < -0.39 is 0 Å². The molecule has 5 heteroatoms. The molecular formula is C14H18N4O. The maximum atomic E-state index is 5.67. The highest BCUT2D eigenvalue weighted by atomic mass is 16.5. The molecule has 1 unspecified atom stereocenters. The molecule has 2 heterocycles. The monoisotopic (exact) mass is 258 g/mol. The van der Waals surface area contributed by atoms with E-state index in [1.807, 2.05) is 32.0 Å². The highest BCUT2D eigenvalue weighted by Crippen LogP contribution is 2.24. The topological polar surface area (TPSA) is 73.1 Å². The van der Waals surface area contributed by atoms with Crippen LogP contribution in [0, 0.1) is 6.92 Å². The minimum Gasteiger partial charge on any atom is -0.492 e. The third kappa shape index (κ3) is 3.07. The third-order valence-corrected chi connectivity index (χ3v) is 2.87. The van der Waals surface area contributed by atoms with Gasteiger partial charge in [0, 0.05) is 12.4 Å². The molecule has 3 N–H and O–H groups in total. The van der Waals surface area contributed by atoms with Crippen molar-refractivity contribution >= 4 is 0 Å². The smallest absolute Gasteiger partial charge is 0.137 e. The Morgan fingerprint density at radius 1 is 1.42 bits per heavy atom. The van der Waals surface area contributed by atoms with Gasteiger partial charge in [0.05, 0.1) is 24.5 Å². The van der Waals surface area contributed by atoms with Crippen molar-refractivity contribution < 1.29 is 4.74 Å². The molecule has 2 rings (SSSR count). The number of ether oxygens (including phenoxy) is 1. The number of pyridine rings is 2. The second-order valence-corrected chi connectivity index (χ2v) is 4.19. The van der Waals surface area contributed by atoms with Crippen molar-refractivity contribution in [1.82, 2.24) is 15.4 Å². The molecule has 1 atom stereocenters. The van der Waals surface area contributed by atoms with E-state index in [9.17, 15) is 0 Å². The zero-order valence-electron chi connectivity index (χ0n) is 11.1. The quantitative estimate of drug-likeness (QED) is 0.631. The van der Waals surface area contributed by atoms with E-state index in [0.717, 1.165) is 22.6 Å². The van der Waals surface area contributed by atoms with Crippen LogP contribution in [0.1, 0.15) is 29.8 Å². The van der Waals surface area contributed by atoms with E-state index in [1.165, 1.54) is 0 Å². The van der Waals surface area contributed by atoms with Crippen LogP contribution in [0.5, 0.6) is 5.75 Å². The summed E-state index contributed by atoms with van der Waals surface area (Å²) in [5.41, 5.74) is 5.68. The molecule has 0 saturated carbocycles. The molecule has 2 aromatic heterocycles. The maximum absolute atomic E-state index is 5.67. The lowest BCUT2D eigenvalue weighted by Crippen LogP contribution is -2.30. The Balaban J connectivity index is 2.37. The molecule has 0 aromatic carbocycles. The first-order valence-corrected chi connectivity index (χ1v) is 6.21. The van der Waals surface area contributed by atoms with Crippen LogP contribution in [0.4, 0.5) is 0 Å². The van der Waals surface area contributed by atoms with Gasteiger partial charge in [0.1, 0.15) is 5.75 Å². The fourth-order valence-corrected chi connectivity index (χ4v) is 1.97. The van der Waals surface area contributed by atoms with Gasteiger partial charge in [0.2, 0.25) is 0 Å². The normalized spacial score (nSPS) is 12.2. The third-order valence-electron chi connectivity index (χ3n) is 2.87. The van der Waals surface area contributed by atoms with Crippen LogP contribution in [0.3, 0.4) is 0 Å². The summed E-state index contributed by atoms with van der Waals surface area (Å²) in [5, 5.41) is 0. The van der Waals surface area contributed by atoms with Crippen molar-refractivity contribution in [2.24, 2.45) is 5.84 Å². The Morgan fingerprint density at radius 3 is 2.95 bits per heavy atom. The summed E-state index contributed by atoms with van der Waals surface area (Å²) in [4.78, 5) is 8.57. The molecule has 0 aliphatic heterocycles. The van der Waals surface area contributed by atoms with Crippen molar-refractivity contribution in [1.29, 1.82) is 0 Å². The first-order chi connectivity index (χ1) is 9.26. The van der Waals surface area contributed by atoms with Gasteiger partial charge in [0.25, 0.3) is 0 Å². The fraction of sp³-hybridized carbons (Fsp3) is 0.286. The lowest BCUT2D eigenvalue weighted by molar-refractivity contribution is 0.338. The van der Waals surface area contributed by atoms with Crippen LogP contribution in [0.25, 0.3) is 0 Å². The molecular weight excluding hydrogens is 240 g/mol. The van der Waals surface area contributed by atoms with Gasteiger partial charge in [-0.1, -0.05) is 6.07 Å². The van der Waals surface area contributed by atoms with E-state index in [2.05, 4.69) is 15.4 Å². The highest BCUT2D eigenvalue weighted by molar-refractivity contribution is 5.34. The summed E-state index contributed by atoms with van der Waals surface area (Å²) in [5.74, 6) is 6.40. The second kappa shape index (κ2) is 6.26. The van der Waals surface area contributed by atoms with Crippen molar-refractivity contribution in [3.63, 3.8) is 0 Å². The van der Waals surface area contributed by atoms with Gasteiger partial charge in [0.15, 0.2) is 0 Å². The zero-order chi connectivity index (χ0) is 13.7. The lowest BCUT2D eigenvalue weighted by Gasteiger charge is -2.18. The van der Waals surface area contributed by atoms with Gasteiger partial charge in [-0.15, -0.1) is 0 Å². The molecule has 0 spiro atoms. The van der Waals surface area contributed by atoms with Crippen LogP contribution in [-0.2, 0) is 0 Å². The standard InChI is InChI=1S/C14H18N4O/c1-3-19-12-7-11(8-16-9-12)14(18-15)13-10(2)5-4-6-17-13/h4-9,14,18H,3,15H2,1-2H3. The number of aromatic nitrogens is 2. The summed E-state index contributed by atoms with van der Waals surface area (Å²) >= 11 is 0. The number of rotatable bonds is 5. The molecule has 0 saturated heterocycles. The number of nitrogens with one attached hydrogen (secondary N) is 1. The number of hydrazine groups is 1. The van der Waals surface area contributed by atoms with Crippen molar-refractivity contribution in [2.75, 3.05) is 6.61 Å². The predicted molar refractivity (Wildman–Crippen MR) is 73.5 cm³/mol. The summed E-state index contributed by atoms with van der Waals surface area (Å²) in [6.07, 6.45) is 5.21. The average Bonchev–Trinajstić information content (AvgIpc) is 2.43.